The standard InChI is InChI=1S/C19H15NO4/c1-23-19(22)16-10-11-17(15-5-3-2-4-14(15)16)24-13-8-6-12(7-9-13)18(20)21/h2-11H,1H3,(H2,20,21). The van der Waals surface area contributed by atoms with E-state index in [-0.39, 0.29) is 0 Å². The Morgan fingerprint density at radius 1 is 0.875 bits per heavy atom. The van der Waals surface area contributed by atoms with Gasteiger partial charge in [-0.05, 0) is 41.8 Å². The molecule has 0 radical (unpaired) electrons. The molecule has 0 atom stereocenters. The number of nitrogens with two attached hydrogens (primary N) is 1. The van der Waals surface area contributed by atoms with Crippen LogP contribution in [0.2, 0.25) is 0 Å². The third kappa shape index (κ3) is 2.92. The highest BCUT2D eigenvalue weighted by Gasteiger charge is 2.13. The Bertz CT molecular complexity index is 916. The largest absolute Gasteiger partial charge is 0.465 e. The molecule has 0 heterocycles. The van der Waals surface area contributed by atoms with Gasteiger partial charge < -0.3 is 15.2 Å². The van der Waals surface area contributed by atoms with Crippen molar-refractivity contribution in [2.75, 3.05) is 7.11 Å². The first kappa shape index (κ1) is 15.6. The molecule has 0 aliphatic rings. The van der Waals surface area contributed by atoms with E-state index >= 15 is 0 Å². The average Bonchev–Trinajstić information content (AvgIpc) is 2.62. The lowest BCUT2D eigenvalue weighted by molar-refractivity contribution is 0.0603. The number of carbonyl (C=O) groups excluding carboxylic acids is 2. The number of amides is 1. The highest BCUT2D eigenvalue weighted by molar-refractivity contribution is 6.06. The number of hydrogen-bond donors (Lipinski definition) is 1. The average molecular weight is 321 g/mol. The van der Waals surface area contributed by atoms with Crippen molar-refractivity contribution in [1.29, 1.82) is 0 Å². The van der Waals surface area contributed by atoms with Gasteiger partial charge in [0.1, 0.15) is 11.5 Å². The molecule has 0 aliphatic heterocycles. The Morgan fingerprint density at radius 2 is 1.54 bits per heavy atom. The van der Waals surface area contributed by atoms with E-state index in [4.69, 9.17) is 15.2 Å². The molecule has 0 aliphatic carbocycles. The van der Waals surface area contributed by atoms with Crippen LogP contribution < -0.4 is 10.5 Å². The van der Waals surface area contributed by atoms with E-state index in [9.17, 15) is 9.59 Å². The summed E-state index contributed by atoms with van der Waals surface area (Å²) in [5, 5.41) is 1.54. The molecule has 3 aromatic carbocycles. The van der Waals surface area contributed by atoms with Crippen LogP contribution in [0.5, 0.6) is 11.5 Å². The number of rotatable bonds is 4. The van der Waals surface area contributed by atoms with Crippen molar-refractivity contribution in [3.63, 3.8) is 0 Å². The van der Waals surface area contributed by atoms with Crippen LogP contribution in [0.15, 0.2) is 60.7 Å². The first-order valence-corrected chi connectivity index (χ1v) is 7.28. The van der Waals surface area contributed by atoms with Crippen molar-refractivity contribution >= 4 is 22.6 Å². The highest BCUT2D eigenvalue weighted by Crippen LogP contribution is 2.32. The third-order valence-corrected chi connectivity index (χ3v) is 3.66. The lowest BCUT2D eigenvalue weighted by Crippen LogP contribution is -2.10. The van der Waals surface area contributed by atoms with Crippen molar-refractivity contribution in [2.45, 2.75) is 0 Å². The van der Waals surface area contributed by atoms with E-state index < -0.39 is 11.9 Å². The summed E-state index contributed by atoms with van der Waals surface area (Å²) in [6, 6.07) is 17.3. The SMILES string of the molecule is COC(=O)c1ccc(Oc2ccc(C(N)=O)cc2)c2ccccc12. The maximum Gasteiger partial charge on any atom is 0.338 e. The minimum Gasteiger partial charge on any atom is -0.465 e. The van der Waals surface area contributed by atoms with Crippen LogP contribution in [0, 0.1) is 0 Å². The zero-order chi connectivity index (χ0) is 17.1. The lowest BCUT2D eigenvalue weighted by atomic mass is 10.0. The molecular weight excluding hydrogens is 306 g/mol. The Morgan fingerprint density at radius 3 is 2.17 bits per heavy atom. The predicted molar refractivity (Wildman–Crippen MR) is 90.3 cm³/mol. The molecule has 5 nitrogen and oxygen atoms in total. The Balaban J connectivity index is 2.01. The smallest absolute Gasteiger partial charge is 0.338 e. The summed E-state index contributed by atoms with van der Waals surface area (Å²) >= 11 is 0. The summed E-state index contributed by atoms with van der Waals surface area (Å²) in [6.45, 7) is 0. The molecule has 0 bridgehead atoms. The van der Waals surface area contributed by atoms with Gasteiger partial charge in [0.25, 0.3) is 0 Å². The van der Waals surface area contributed by atoms with E-state index in [1.165, 1.54) is 7.11 Å². The number of esters is 1. The number of benzene rings is 3. The summed E-state index contributed by atoms with van der Waals surface area (Å²) in [7, 11) is 1.35. The number of fused-ring (bicyclic) bond motifs is 1. The Hall–Kier alpha value is -3.34. The van der Waals surface area contributed by atoms with Crippen molar-refractivity contribution < 1.29 is 19.1 Å². The fourth-order valence-corrected chi connectivity index (χ4v) is 2.46. The van der Waals surface area contributed by atoms with Gasteiger partial charge in [0.2, 0.25) is 5.91 Å². The first-order valence-electron chi connectivity index (χ1n) is 7.28. The molecule has 0 fully saturated rings. The van der Waals surface area contributed by atoms with Gasteiger partial charge in [0.05, 0.1) is 12.7 Å². The van der Waals surface area contributed by atoms with Crippen molar-refractivity contribution in [3.05, 3.63) is 71.8 Å². The lowest BCUT2D eigenvalue weighted by Gasteiger charge is -2.11. The van der Waals surface area contributed by atoms with Gasteiger partial charge in [-0.3, -0.25) is 4.79 Å². The maximum atomic E-state index is 11.9. The fourth-order valence-electron chi connectivity index (χ4n) is 2.46. The van der Waals surface area contributed by atoms with Gasteiger partial charge in [-0.15, -0.1) is 0 Å². The van der Waals surface area contributed by atoms with Gasteiger partial charge in [0, 0.05) is 10.9 Å². The highest BCUT2D eigenvalue weighted by atomic mass is 16.5. The molecule has 3 rings (SSSR count). The van der Waals surface area contributed by atoms with Gasteiger partial charge in [-0.2, -0.15) is 0 Å². The molecule has 120 valence electrons. The normalized spacial score (nSPS) is 10.4. The number of primary amides is 1. The molecule has 24 heavy (non-hydrogen) atoms. The summed E-state index contributed by atoms with van der Waals surface area (Å²) in [5.74, 6) is 0.277. The van der Waals surface area contributed by atoms with Crippen LogP contribution in [0.4, 0.5) is 0 Å². The Kier molecular flexibility index (Phi) is 4.16. The molecule has 0 aromatic heterocycles. The summed E-state index contributed by atoms with van der Waals surface area (Å²) in [5.41, 5.74) is 6.11. The topological polar surface area (TPSA) is 78.6 Å². The number of carbonyl (C=O) groups is 2. The van der Waals surface area contributed by atoms with Crippen LogP contribution in [0.1, 0.15) is 20.7 Å². The van der Waals surface area contributed by atoms with Crippen LogP contribution >= 0.6 is 0 Å². The van der Waals surface area contributed by atoms with Crippen LogP contribution in [-0.2, 0) is 4.74 Å². The number of hydrogen-bond acceptors (Lipinski definition) is 4. The molecular formula is C19H15NO4. The molecule has 3 aromatic rings. The minimum absolute atomic E-state index is 0.399. The summed E-state index contributed by atoms with van der Waals surface area (Å²) < 4.78 is 10.7. The van der Waals surface area contributed by atoms with Gasteiger partial charge in [0.15, 0.2) is 0 Å². The zero-order valence-corrected chi connectivity index (χ0v) is 13.0. The Labute approximate surface area is 138 Å². The van der Waals surface area contributed by atoms with Crippen LogP contribution in [0.3, 0.4) is 0 Å². The summed E-state index contributed by atoms with van der Waals surface area (Å²) in [4.78, 5) is 23.0. The van der Waals surface area contributed by atoms with Gasteiger partial charge in [-0.25, -0.2) is 4.79 Å². The molecule has 5 heteroatoms. The molecule has 2 N–H and O–H groups in total. The molecule has 0 unspecified atom stereocenters. The summed E-state index contributed by atoms with van der Waals surface area (Å²) in [6.07, 6.45) is 0. The van der Waals surface area contributed by atoms with Crippen molar-refractivity contribution in [3.8, 4) is 11.5 Å². The van der Waals surface area contributed by atoms with Crippen LogP contribution in [0.25, 0.3) is 10.8 Å². The minimum atomic E-state index is -0.491. The second-order valence-electron chi connectivity index (χ2n) is 5.14. The maximum absolute atomic E-state index is 11.9. The molecule has 0 saturated carbocycles. The zero-order valence-electron chi connectivity index (χ0n) is 13.0. The van der Waals surface area contributed by atoms with Gasteiger partial charge in [-0.1, -0.05) is 24.3 Å². The monoisotopic (exact) mass is 321 g/mol. The van der Waals surface area contributed by atoms with Crippen molar-refractivity contribution in [1.82, 2.24) is 0 Å². The van der Waals surface area contributed by atoms with E-state index in [1.54, 1.807) is 36.4 Å². The van der Waals surface area contributed by atoms with E-state index in [2.05, 4.69) is 0 Å². The van der Waals surface area contributed by atoms with E-state index in [0.717, 1.165) is 10.8 Å². The third-order valence-electron chi connectivity index (χ3n) is 3.66. The van der Waals surface area contributed by atoms with Crippen LogP contribution in [-0.4, -0.2) is 19.0 Å². The van der Waals surface area contributed by atoms with E-state index in [1.807, 2.05) is 24.3 Å². The van der Waals surface area contributed by atoms with Crippen molar-refractivity contribution in [2.24, 2.45) is 5.73 Å². The quantitative estimate of drug-likeness (QED) is 0.746. The fraction of sp³-hybridized carbons (Fsp3) is 0.0526. The second kappa shape index (κ2) is 6.42. The molecule has 0 saturated heterocycles. The van der Waals surface area contributed by atoms with Gasteiger partial charge >= 0.3 is 5.97 Å². The molecule has 1 amide bonds. The molecule has 0 spiro atoms. The predicted octanol–water partition coefficient (Wildman–Crippen LogP) is 3.52. The number of ether oxygens (including phenoxy) is 2. The number of methoxy groups -OCH3 is 1. The van der Waals surface area contributed by atoms with E-state index in [0.29, 0.717) is 22.6 Å². The second-order valence-corrected chi connectivity index (χ2v) is 5.14. The first-order chi connectivity index (χ1) is 11.6.